The van der Waals surface area contributed by atoms with Crippen molar-refractivity contribution in [1.29, 1.82) is 0 Å². The Kier molecular flexibility index (Phi) is 4.14. The highest BCUT2D eigenvalue weighted by Crippen LogP contribution is 2.18. The number of aromatic nitrogens is 2. The molecular weight excluding hydrogens is 216 g/mol. The Balaban J connectivity index is 2.00. The Bertz CT molecular complexity index is 350. The second-order valence-corrected chi connectivity index (χ2v) is 4.39. The van der Waals surface area contributed by atoms with E-state index in [9.17, 15) is 0 Å². The van der Waals surface area contributed by atoms with E-state index in [1.807, 2.05) is 0 Å². The molecule has 0 saturated carbocycles. The normalized spacial score (nSPS) is 17.2. The first-order valence-corrected chi connectivity index (χ1v) is 6.25. The average Bonchev–Trinajstić information content (AvgIpc) is 2.37. The fraction of sp³-hybridized carbons (Fsp3) is 0.667. The molecule has 2 N–H and O–H groups in total. The smallest absolute Gasteiger partial charge is 0.234 e. The number of piperidine rings is 1. The number of ether oxygens (including phenoxy) is 1. The molecule has 0 spiro atoms. The summed E-state index contributed by atoms with van der Waals surface area (Å²) >= 11 is 0. The van der Waals surface area contributed by atoms with Crippen molar-refractivity contribution in [3.05, 3.63) is 12.4 Å². The molecule has 0 atom stereocenters. The Labute approximate surface area is 102 Å². The Morgan fingerprint density at radius 2 is 2.18 bits per heavy atom. The van der Waals surface area contributed by atoms with E-state index in [-0.39, 0.29) is 0 Å². The lowest BCUT2D eigenvalue weighted by atomic mass is 10.1. The van der Waals surface area contributed by atoms with Crippen LogP contribution in [0.2, 0.25) is 0 Å². The molecule has 2 rings (SSSR count). The van der Waals surface area contributed by atoms with Gasteiger partial charge in [0.2, 0.25) is 5.88 Å². The fourth-order valence-electron chi connectivity index (χ4n) is 1.90. The van der Waals surface area contributed by atoms with E-state index in [0.29, 0.717) is 18.5 Å². The molecule has 94 valence electrons. The molecule has 0 unspecified atom stereocenters. The molecule has 0 aliphatic carbocycles. The summed E-state index contributed by atoms with van der Waals surface area (Å²) in [5.74, 6) is 1.50. The summed E-state index contributed by atoms with van der Waals surface area (Å²) in [5.41, 5.74) is 5.88. The Hall–Kier alpha value is -1.36. The molecule has 5 heteroatoms. The summed E-state index contributed by atoms with van der Waals surface area (Å²) in [6, 6.07) is 0.332. The zero-order valence-corrected chi connectivity index (χ0v) is 10.3. The highest BCUT2D eigenvalue weighted by Gasteiger charge is 2.17. The quantitative estimate of drug-likeness (QED) is 0.850. The SMILES string of the molecule is CCCOc1cncc(N2CCC(N)CC2)n1. The van der Waals surface area contributed by atoms with Gasteiger partial charge in [-0.3, -0.25) is 4.98 Å². The zero-order valence-electron chi connectivity index (χ0n) is 10.3. The van der Waals surface area contributed by atoms with Crippen LogP contribution >= 0.6 is 0 Å². The van der Waals surface area contributed by atoms with Gasteiger partial charge < -0.3 is 15.4 Å². The van der Waals surface area contributed by atoms with Gasteiger partial charge in [0.05, 0.1) is 19.0 Å². The van der Waals surface area contributed by atoms with Gasteiger partial charge in [-0.15, -0.1) is 0 Å². The third-order valence-corrected chi connectivity index (χ3v) is 2.92. The molecule has 5 nitrogen and oxygen atoms in total. The first kappa shape index (κ1) is 12.1. The molecule has 0 bridgehead atoms. The number of nitrogens with zero attached hydrogens (tertiary/aromatic N) is 3. The Morgan fingerprint density at radius 1 is 1.41 bits per heavy atom. The number of hydrogen-bond donors (Lipinski definition) is 1. The second kappa shape index (κ2) is 5.82. The lowest BCUT2D eigenvalue weighted by Crippen LogP contribution is -2.40. The predicted octanol–water partition coefficient (Wildman–Crippen LogP) is 1.19. The molecule has 1 saturated heterocycles. The van der Waals surface area contributed by atoms with Crippen molar-refractivity contribution >= 4 is 5.82 Å². The molecule has 1 aliphatic rings. The van der Waals surface area contributed by atoms with Crippen molar-refractivity contribution < 1.29 is 4.74 Å². The van der Waals surface area contributed by atoms with E-state index in [1.54, 1.807) is 12.4 Å². The summed E-state index contributed by atoms with van der Waals surface area (Å²) in [5, 5.41) is 0. The van der Waals surface area contributed by atoms with E-state index in [4.69, 9.17) is 10.5 Å². The summed E-state index contributed by atoms with van der Waals surface area (Å²) in [4.78, 5) is 10.8. The van der Waals surface area contributed by atoms with Gasteiger partial charge in [0.1, 0.15) is 0 Å². The van der Waals surface area contributed by atoms with Crippen LogP contribution in [0.4, 0.5) is 5.82 Å². The Morgan fingerprint density at radius 3 is 2.88 bits per heavy atom. The van der Waals surface area contributed by atoms with Gasteiger partial charge >= 0.3 is 0 Å². The topological polar surface area (TPSA) is 64.3 Å². The summed E-state index contributed by atoms with van der Waals surface area (Å²) < 4.78 is 5.48. The fourth-order valence-corrected chi connectivity index (χ4v) is 1.90. The molecule has 0 amide bonds. The average molecular weight is 236 g/mol. The minimum atomic E-state index is 0.332. The molecule has 17 heavy (non-hydrogen) atoms. The van der Waals surface area contributed by atoms with E-state index < -0.39 is 0 Å². The number of rotatable bonds is 4. The highest BCUT2D eigenvalue weighted by molar-refractivity contribution is 5.38. The number of hydrogen-bond acceptors (Lipinski definition) is 5. The number of anilines is 1. The van der Waals surface area contributed by atoms with E-state index in [1.165, 1.54) is 0 Å². The summed E-state index contributed by atoms with van der Waals surface area (Å²) in [7, 11) is 0. The molecule has 1 fully saturated rings. The van der Waals surface area contributed by atoms with Crippen LogP contribution in [0.1, 0.15) is 26.2 Å². The predicted molar refractivity (Wildman–Crippen MR) is 67.2 cm³/mol. The van der Waals surface area contributed by atoms with Crippen LogP contribution < -0.4 is 15.4 Å². The number of nitrogens with two attached hydrogens (primary N) is 1. The van der Waals surface area contributed by atoms with Crippen LogP contribution in [-0.2, 0) is 0 Å². The maximum Gasteiger partial charge on any atom is 0.234 e. The van der Waals surface area contributed by atoms with Gasteiger partial charge in [0.25, 0.3) is 0 Å². The zero-order chi connectivity index (χ0) is 12.1. The molecule has 0 aromatic carbocycles. The van der Waals surface area contributed by atoms with Gasteiger partial charge in [0, 0.05) is 19.1 Å². The van der Waals surface area contributed by atoms with Crippen LogP contribution in [0, 0.1) is 0 Å². The maximum absolute atomic E-state index is 5.88. The lowest BCUT2D eigenvalue weighted by Gasteiger charge is -2.30. The van der Waals surface area contributed by atoms with E-state index in [2.05, 4.69) is 21.8 Å². The van der Waals surface area contributed by atoms with Crippen LogP contribution in [0.5, 0.6) is 5.88 Å². The minimum absolute atomic E-state index is 0.332. The van der Waals surface area contributed by atoms with Gasteiger partial charge in [0.15, 0.2) is 5.82 Å². The van der Waals surface area contributed by atoms with Crippen molar-refractivity contribution in [2.24, 2.45) is 5.73 Å². The van der Waals surface area contributed by atoms with E-state index >= 15 is 0 Å². The third kappa shape index (κ3) is 3.30. The van der Waals surface area contributed by atoms with Gasteiger partial charge in [-0.2, -0.15) is 4.98 Å². The minimum Gasteiger partial charge on any atom is -0.477 e. The van der Waals surface area contributed by atoms with Crippen LogP contribution in [0.25, 0.3) is 0 Å². The van der Waals surface area contributed by atoms with Crippen molar-refractivity contribution in [3.8, 4) is 5.88 Å². The first-order valence-electron chi connectivity index (χ1n) is 6.25. The van der Waals surface area contributed by atoms with Crippen molar-refractivity contribution in [3.63, 3.8) is 0 Å². The van der Waals surface area contributed by atoms with Crippen molar-refractivity contribution in [2.45, 2.75) is 32.2 Å². The van der Waals surface area contributed by atoms with Crippen LogP contribution in [0.3, 0.4) is 0 Å². The third-order valence-electron chi connectivity index (χ3n) is 2.92. The molecular formula is C12H20N4O. The van der Waals surface area contributed by atoms with E-state index in [0.717, 1.165) is 38.2 Å². The summed E-state index contributed by atoms with van der Waals surface area (Å²) in [6.45, 7) is 4.66. The van der Waals surface area contributed by atoms with Gasteiger partial charge in [-0.05, 0) is 19.3 Å². The molecule has 1 aromatic rings. The van der Waals surface area contributed by atoms with Crippen molar-refractivity contribution in [2.75, 3.05) is 24.6 Å². The molecule has 1 aliphatic heterocycles. The molecule has 0 radical (unpaired) electrons. The van der Waals surface area contributed by atoms with Crippen molar-refractivity contribution in [1.82, 2.24) is 9.97 Å². The highest BCUT2D eigenvalue weighted by atomic mass is 16.5. The maximum atomic E-state index is 5.88. The standard InChI is InChI=1S/C12H20N4O/c1-2-7-17-12-9-14-8-11(15-12)16-5-3-10(13)4-6-16/h8-10H,2-7,13H2,1H3. The van der Waals surface area contributed by atoms with Gasteiger partial charge in [-0.25, -0.2) is 0 Å². The molecule has 1 aromatic heterocycles. The van der Waals surface area contributed by atoms with Gasteiger partial charge in [-0.1, -0.05) is 6.92 Å². The first-order chi connectivity index (χ1) is 8.29. The van der Waals surface area contributed by atoms with Crippen LogP contribution in [-0.4, -0.2) is 35.7 Å². The lowest BCUT2D eigenvalue weighted by molar-refractivity contribution is 0.303. The second-order valence-electron chi connectivity index (χ2n) is 4.39. The van der Waals surface area contributed by atoms with Crippen LogP contribution in [0.15, 0.2) is 12.4 Å². The largest absolute Gasteiger partial charge is 0.477 e. The monoisotopic (exact) mass is 236 g/mol. The summed E-state index contributed by atoms with van der Waals surface area (Å²) in [6.07, 6.45) is 6.46. The molecule has 2 heterocycles.